The molecule has 1 aliphatic heterocycles. The third kappa shape index (κ3) is 4.40. The van der Waals surface area contributed by atoms with Crippen molar-refractivity contribution < 1.29 is 9.53 Å². The Balaban J connectivity index is 0.00000180. The van der Waals surface area contributed by atoms with E-state index in [1.165, 1.54) is 0 Å². The largest absolute Gasteiger partial charge is 0.399 e. The first-order chi connectivity index (χ1) is 8.66. The minimum Gasteiger partial charge on any atom is -0.399 e. The van der Waals surface area contributed by atoms with E-state index in [2.05, 4.69) is 5.32 Å². The van der Waals surface area contributed by atoms with Crippen LogP contribution in [-0.2, 0) is 4.74 Å². The second-order valence-electron chi connectivity index (χ2n) is 4.87. The molecule has 5 heteroatoms. The van der Waals surface area contributed by atoms with Gasteiger partial charge in [0.25, 0.3) is 5.91 Å². The lowest BCUT2D eigenvalue weighted by molar-refractivity contribution is 0.0536. The normalized spacial score (nSPS) is 18.5. The molecule has 4 nitrogen and oxygen atoms in total. The number of nitrogens with one attached hydrogen (secondary N) is 1. The molecular formula is C14H21ClN2O2. The van der Waals surface area contributed by atoms with Gasteiger partial charge in [-0.1, -0.05) is 6.07 Å². The fourth-order valence-electron chi connectivity index (χ4n) is 2.18. The summed E-state index contributed by atoms with van der Waals surface area (Å²) in [5.41, 5.74) is 7.93. The van der Waals surface area contributed by atoms with Crippen LogP contribution in [-0.4, -0.2) is 25.7 Å². The number of benzene rings is 1. The first kappa shape index (κ1) is 15.8. The van der Waals surface area contributed by atoms with Gasteiger partial charge in [-0.3, -0.25) is 4.79 Å². The van der Waals surface area contributed by atoms with Crippen molar-refractivity contribution in [3.05, 3.63) is 29.3 Å². The molecule has 0 aromatic heterocycles. The SMILES string of the molecule is Cc1ccc(N)cc1C(=O)NCC1CCCOC1.Cl. The molecule has 1 heterocycles. The van der Waals surface area contributed by atoms with Gasteiger partial charge in [-0.2, -0.15) is 0 Å². The molecule has 1 fully saturated rings. The fraction of sp³-hybridized carbons (Fsp3) is 0.500. The Morgan fingerprint density at radius 1 is 1.53 bits per heavy atom. The van der Waals surface area contributed by atoms with Crippen LogP contribution in [0.4, 0.5) is 5.69 Å². The molecule has 0 aliphatic carbocycles. The zero-order valence-electron chi connectivity index (χ0n) is 11.1. The Morgan fingerprint density at radius 2 is 2.32 bits per heavy atom. The van der Waals surface area contributed by atoms with Gasteiger partial charge in [-0.25, -0.2) is 0 Å². The molecule has 1 atom stereocenters. The van der Waals surface area contributed by atoms with Crippen LogP contribution in [0, 0.1) is 12.8 Å². The van der Waals surface area contributed by atoms with Crippen molar-refractivity contribution in [2.75, 3.05) is 25.5 Å². The number of carbonyl (C=O) groups is 1. The Labute approximate surface area is 120 Å². The summed E-state index contributed by atoms with van der Waals surface area (Å²) in [6.45, 7) is 4.18. The minimum atomic E-state index is -0.0506. The fourth-order valence-corrected chi connectivity index (χ4v) is 2.18. The Hall–Kier alpha value is -1.26. The third-order valence-corrected chi connectivity index (χ3v) is 3.31. The molecule has 1 aromatic carbocycles. The Bertz CT molecular complexity index is 431. The highest BCUT2D eigenvalue weighted by Gasteiger charge is 2.16. The lowest BCUT2D eigenvalue weighted by Gasteiger charge is -2.22. The van der Waals surface area contributed by atoms with Gasteiger partial charge >= 0.3 is 0 Å². The summed E-state index contributed by atoms with van der Waals surface area (Å²) in [6.07, 6.45) is 2.20. The lowest BCUT2D eigenvalue weighted by atomic mass is 10.0. The van der Waals surface area contributed by atoms with Gasteiger partial charge in [0.15, 0.2) is 0 Å². The van der Waals surface area contributed by atoms with Crippen LogP contribution in [0.2, 0.25) is 0 Å². The number of halogens is 1. The van der Waals surface area contributed by atoms with Crippen molar-refractivity contribution in [3.63, 3.8) is 0 Å². The number of carbonyl (C=O) groups excluding carboxylic acids is 1. The molecular weight excluding hydrogens is 264 g/mol. The van der Waals surface area contributed by atoms with Crippen LogP contribution in [0.25, 0.3) is 0 Å². The summed E-state index contributed by atoms with van der Waals surface area (Å²) >= 11 is 0. The highest BCUT2D eigenvalue weighted by atomic mass is 35.5. The number of hydrogen-bond acceptors (Lipinski definition) is 3. The van der Waals surface area contributed by atoms with Crippen LogP contribution in [0.1, 0.15) is 28.8 Å². The van der Waals surface area contributed by atoms with Crippen molar-refractivity contribution in [1.29, 1.82) is 0 Å². The van der Waals surface area contributed by atoms with E-state index in [4.69, 9.17) is 10.5 Å². The average molecular weight is 285 g/mol. The van der Waals surface area contributed by atoms with E-state index < -0.39 is 0 Å². The van der Waals surface area contributed by atoms with Crippen molar-refractivity contribution in [1.82, 2.24) is 5.32 Å². The summed E-state index contributed by atoms with van der Waals surface area (Å²) in [5.74, 6) is 0.384. The van der Waals surface area contributed by atoms with E-state index in [-0.39, 0.29) is 18.3 Å². The van der Waals surface area contributed by atoms with Crippen LogP contribution in [0.5, 0.6) is 0 Å². The maximum atomic E-state index is 12.1. The molecule has 1 saturated heterocycles. The maximum Gasteiger partial charge on any atom is 0.251 e. The van der Waals surface area contributed by atoms with E-state index in [9.17, 15) is 4.79 Å². The number of amides is 1. The number of hydrogen-bond donors (Lipinski definition) is 2. The second kappa shape index (κ2) is 7.36. The van der Waals surface area contributed by atoms with Gasteiger partial charge in [-0.15, -0.1) is 12.4 Å². The smallest absolute Gasteiger partial charge is 0.251 e. The quantitative estimate of drug-likeness (QED) is 0.836. The van der Waals surface area contributed by atoms with Gasteiger partial charge in [0.05, 0.1) is 6.61 Å². The number of aryl methyl sites for hydroxylation is 1. The Morgan fingerprint density at radius 3 is 3.00 bits per heavy atom. The summed E-state index contributed by atoms with van der Waals surface area (Å²) < 4.78 is 5.39. The van der Waals surface area contributed by atoms with Crippen molar-refractivity contribution >= 4 is 24.0 Å². The minimum absolute atomic E-state index is 0. The molecule has 1 amide bonds. The number of nitrogens with two attached hydrogens (primary N) is 1. The monoisotopic (exact) mass is 284 g/mol. The van der Waals surface area contributed by atoms with Crippen LogP contribution >= 0.6 is 12.4 Å². The molecule has 0 spiro atoms. The average Bonchev–Trinajstić information content (AvgIpc) is 2.40. The first-order valence-corrected chi connectivity index (χ1v) is 6.39. The summed E-state index contributed by atoms with van der Waals surface area (Å²) in [4.78, 5) is 12.1. The number of nitrogen functional groups attached to an aromatic ring is 1. The zero-order valence-corrected chi connectivity index (χ0v) is 12.0. The zero-order chi connectivity index (χ0) is 13.0. The van der Waals surface area contributed by atoms with Gasteiger partial charge in [-0.05, 0) is 43.4 Å². The molecule has 19 heavy (non-hydrogen) atoms. The van der Waals surface area contributed by atoms with Gasteiger partial charge < -0.3 is 15.8 Å². The van der Waals surface area contributed by atoms with Crippen molar-refractivity contribution in [2.24, 2.45) is 5.92 Å². The molecule has 1 aromatic rings. The van der Waals surface area contributed by atoms with Gasteiger partial charge in [0.2, 0.25) is 0 Å². The predicted molar refractivity (Wildman–Crippen MR) is 78.7 cm³/mol. The molecule has 0 saturated carbocycles. The molecule has 1 aliphatic rings. The molecule has 1 unspecified atom stereocenters. The standard InChI is InChI=1S/C14H20N2O2.ClH/c1-10-4-5-12(15)7-13(10)14(17)16-8-11-3-2-6-18-9-11;/h4-5,7,11H,2-3,6,8-9,15H2,1H3,(H,16,17);1H. The summed E-state index contributed by atoms with van der Waals surface area (Å²) in [5, 5.41) is 2.96. The van der Waals surface area contributed by atoms with E-state index in [1.807, 2.05) is 13.0 Å². The molecule has 0 bridgehead atoms. The molecule has 0 radical (unpaired) electrons. The summed E-state index contributed by atoms with van der Waals surface area (Å²) in [6, 6.07) is 5.40. The van der Waals surface area contributed by atoms with Crippen LogP contribution in [0.3, 0.4) is 0 Å². The molecule has 2 rings (SSSR count). The third-order valence-electron chi connectivity index (χ3n) is 3.31. The maximum absolute atomic E-state index is 12.1. The van der Waals surface area contributed by atoms with E-state index in [0.717, 1.165) is 31.6 Å². The van der Waals surface area contributed by atoms with Gasteiger partial charge in [0.1, 0.15) is 0 Å². The van der Waals surface area contributed by atoms with E-state index in [1.54, 1.807) is 12.1 Å². The number of rotatable bonds is 3. The summed E-state index contributed by atoms with van der Waals surface area (Å²) in [7, 11) is 0. The van der Waals surface area contributed by atoms with Crippen LogP contribution < -0.4 is 11.1 Å². The first-order valence-electron chi connectivity index (χ1n) is 6.39. The van der Waals surface area contributed by atoms with E-state index in [0.29, 0.717) is 23.7 Å². The number of anilines is 1. The Kier molecular flexibility index (Phi) is 6.12. The van der Waals surface area contributed by atoms with E-state index >= 15 is 0 Å². The van der Waals surface area contributed by atoms with Crippen molar-refractivity contribution in [2.45, 2.75) is 19.8 Å². The molecule has 106 valence electrons. The second-order valence-corrected chi connectivity index (χ2v) is 4.87. The predicted octanol–water partition coefficient (Wildman–Crippen LogP) is 2.16. The highest BCUT2D eigenvalue weighted by molar-refractivity contribution is 5.96. The topological polar surface area (TPSA) is 64.4 Å². The number of ether oxygens (including phenoxy) is 1. The molecule has 3 N–H and O–H groups in total. The van der Waals surface area contributed by atoms with Crippen molar-refractivity contribution in [3.8, 4) is 0 Å². The van der Waals surface area contributed by atoms with Gasteiger partial charge in [0, 0.05) is 24.4 Å². The highest BCUT2D eigenvalue weighted by Crippen LogP contribution is 2.14. The lowest BCUT2D eigenvalue weighted by Crippen LogP contribution is -2.33. The van der Waals surface area contributed by atoms with Crippen LogP contribution in [0.15, 0.2) is 18.2 Å².